The van der Waals surface area contributed by atoms with Crippen molar-refractivity contribution in [2.24, 2.45) is 5.92 Å². The molecule has 234 valence electrons. The van der Waals surface area contributed by atoms with Gasteiger partial charge in [-0.2, -0.15) is 23.1 Å². The Morgan fingerprint density at radius 3 is 2.70 bits per heavy atom. The molecule has 0 bridgehead atoms. The van der Waals surface area contributed by atoms with Gasteiger partial charge >= 0.3 is 12.2 Å². The van der Waals surface area contributed by atoms with Crippen LogP contribution < -0.4 is 15.4 Å². The van der Waals surface area contributed by atoms with Gasteiger partial charge in [-0.3, -0.25) is 9.88 Å². The van der Waals surface area contributed by atoms with E-state index in [0.29, 0.717) is 6.54 Å². The van der Waals surface area contributed by atoms with E-state index in [1.807, 2.05) is 0 Å². The molecule has 5 heterocycles. The lowest BCUT2D eigenvalue weighted by Crippen LogP contribution is -2.43. The Kier molecular flexibility index (Phi) is 6.76. The summed E-state index contributed by atoms with van der Waals surface area (Å²) in [7, 11) is 0. The zero-order valence-electron chi connectivity index (χ0n) is 24.2. The second-order valence-electron chi connectivity index (χ2n) is 12.6. The van der Waals surface area contributed by atoms with Crippen LogP contribution in [0.2, 0.25) is 0 Å². The molecule has 44 heavy (non-hydrogen) atoms. The lowest BCUT2D eigenvalue weighted by molar-refractivity contribution is -0.137. The fraction of sp³-hybridized carbons (Fsp3) is 0.516. The standard InChI is InChI=1S/C31H32F6N6O/c1-15-11-30(7-5-8-42(30)13-15)14-44-29-40-26-19(28(41-29)43-9-4-3-6-17-23(33)27(17)43)12-39-25(24(26)34)18-10-20(38)22(32)16(2)21(18)31(35,36)37/h10,12,17,23,27H,1,3-9,11,13-14,38H2,2H3/t17-,23-,27-,30-/m0/s1. The van der Waals surface area contributed by atoms with Crippen molar-refractivity contribution in [3.63, 3.8) is 0 Å². The number of nitrogens with two attached hydrogens (primary N) is 1. The van der Waals surface area contributed by atoms with Crippen LogP contribution in [-0.2, 0) is 6.18 Å². The normalized spacial score (nSPS) is 27.0. The number of alkyl halides is 4. The number of hydrogen-bond donors (Lipinski definition) is 1. The van der Waals surface area contributed by atoms with Crippen molar-refractivity contribution in [3.05, 3.63) is 47.2 Å². The van der Waals surface area contributed by atoms with E-state index in [1.54, 1.807) is 4.90 Å². The molecule has 13 heteroatoms. The zero-order chi connectivity index (χ0) is 31.1. The average Bonchev–Trinajstić information content (AvgIpc) is 3.37. The summed E-state index contributed by atoms with van der Waals surface area (Å²) in [6, 6.07) is 0.120. The minimum absolute atomic E-state index is 0.119. The first-order valence-corrected chi connectivity index (χ1v) is 14.9. The van der Waals surface area contributed by atoms with Gasteiger partial charge in [0, 0.05) is 30.8 Å². The van der Waals surface area contributed by atoms with Crippen molar-refractivity contribution in [2.75, 3.05) is 36.9 Å². The number of pyridine rings is 1. The molecule has 3 aliphatic heterocycles. The van der Waals surface area contributed by atoms with Crippen LogP contribution in [0.25, 0.3) is 22.2 Å². The molecular formula is C31H32F6N6O. The lowest BCUT2D eigenvalue weighted by Gasteiger charge is -2.31. The van der Waals surface area contributed by atoms with Crippen molar-refractivity contribution in [1.82, 2.24) is 19.9 Å². The van der Waals surface area contributed by atoms with Crippen LogP contribution in [0.4, 0.5) is 37.8 Å². The SMILES string of the molecule is C=C1CN2CCC[C@@]2(COc2nc(N3CCCC[C@H]4[C@H](F)[C@H]43)c3cnc(-c4cc(N)c(F)c(C)c4C(F)(F)F)c(F)c3n2)C1. The zero-order valence-corrected chi connectivity index (χ0v) is 24.2. The number of halogens is 6. The van der Waals surface area contributed by atoms with E-state index in [4.69, 9.17) is 10.5 Å². The average molecular weight is 619 g/mol. The summed E-state index contributed by atoms with van der Waals surface area (Å²) >= 11 is 0. The van der Waals surface area contributed by atoms with E-state index >= 15 is 4.39 Å². The van der Waals surface area contributed by atoms with Gasteiger partial charge in [-0.05, 0) is 57.2 Å². The van der Waals surface area contributed by atoms with Gasteiger partial charge in [0.15, 0.2) is 5.82 Å². The fourth-order valence-electron chi connectivity index (χ4n) is 7.62. The smallest absolute Gasteiger partial charge is 0.417 e. The number of fused-ring (bicyclic) bond motifs is 3. The first kappa shape index (κ1) is 29.1. The second kappa shape index (κ2) is 10.2. The van der Waals surface area contributed by atoms with Gasteiger partial charge < -0.3 is 15.4 Å². The molecule has 0 amide bonds. The molecule has 2 N–H and O–H groups in total. The molecule has 0 spiro atoms. The molecule has 4 aliphatic rings. The predicted octanol–water partition coefficient (Wildman–Crippen LogP) is 6.38. The molecule has 7 rings (SSSR count). The minimum Gasteiger partial charge on any atom is -0.461 e. The van der Waals surface area contributed by atoms with E-state index in [9.17, 15) is 22.0 Å². The van der Waals surface area contributed by atoms with Crippen LogP contribution >= 0.6 is 0 Å². The predicted molar refractivity (Wildman–Crippen MR) is 153 cm³/mol. The number of hydrogen-bond acceptors (Lipinski definition) is 7. The van der Waals surface area contributed by atoms with Gasteiger partial charge in [0.1, 0.15) is 35.6 Å². The Labute approximate surface area is 250 Å². The number of ether oxygens (including phenoxy) is 1. The van der Waals surface area contributed by atoms with Crippen LogP contribution in [0.3, 0.4) is 0 Å². The minimum atomic E-state index is -5.02. The molecule has 4 fully saturated rings. The highest BCUT2D eigenvalue weighted by Gasteiger charge is 2.55. The summed E-state index contributed by atoms with van der Waals surface area (Å²) in [4.78, 5) is 17.2. The van der Waals surface area contributed by atoms with E-state index in [0.717, 1.165) is 70.2 Å². The van der Waals surface area contributed by atoms with Crippen molar-refractivity contribution in [1.29, 1.82) is 0 Å². The van der Waals surface area contributed by atoms with Crippen LogP contribution in [0.15, 0.2) is 24.4 Å². The van der Waals surface area contributed by atoms with Crippen molar-refractivity contribution in [2.45, 2.75) is 69.4 Å². The largest absolute Gasteiger partial charge is 0.461 e. The molecule has 1 saturated carbocycles. The third-order valence-electron chi connectivity index (χ3n) is 9.76. The summed E-state index contributed by atoms with van der Waals surface area (Å²) in [5.74, 6) is -2.36. The number of rotatable bonds is 5. The summed E-state index contributed by atoms with van der Waals surface area (Å²) in [6.45, 7) is 7.39. The van der Waals surface area contributed by atoms with Crippen LogP contribution in [-0.4, -0.2) is 63.8 Å². The first-order chi connectivity index (χ1) is 20.9. The van der Waals surface area contributed by atoms with Gasteiger partial charge in [0.25, 0.3) is 0 Å². The fourth-order valence-corrected chi connectivity index (χ4v) is 7.62. The number of aromatic nitrogens is 3. The molecule has 3 saturated heterocycles. The highest BCUT2D eigenvalue weighted by Crippen LogP contribution is 2.49. The summed E-state index contributed by atoms with van der Waals surface area (Å²) in [6.07, 6.45) is 0.00398. The van der Waals surface area contributed by atoms with Crippen LogP contribution in [0.5, 0.6) is 6.01 Å². The van der Waals surface area contributed by atoms with Crippen molar-refractivity contribution in [3.8, 4) is 17.3 Å². The maximum absolute atomic E-state index is 16.5. The molecule has 7 nitrogen and oxygen atoms in total. The molecule has 1 aromatic carbocycles. The molecule has 4 atom stereocenters. The third kappa shape index (κ3) is 4.57. The van der Waals surface area contributed by atoms with Gasteiger partial charge in [-0.15, -0.1) is 0 Å². The van der Waals surface area contributed by atoms with Crippen molar-refractivity contribution >= 4 is 22.4 Å². The van der Waals surface area contributed by atoms with E-state index in [2.05, 4.69) is 26.4 Å². The Bertz CT molecular complexity index is 1680. The Hall–Kier alpha value is -3.61. The quantitative estimate of drug-likeness (QED) is 0.202. The monoisotopic (exact) mass is 618 g/mol. The lowest BCUT2D eigenvalue weighted by atomic mass is 9.94. The molecule has 0 unspecified atom stereocenters. The Morgan fingerprint density at radius 1 is 1.14 bits per heavy atom. The maximum atomic E-state index is 16.5. The van der Waals surface area contributed by atoms with Gasteiger partial charge in [-0.1, -0.05) is 18.6 Å². The number of anilines is 2. The molecule has 3 aromatic rings. The Morgan fingerprint density at radius 2 is 1.93 bits per heavy atom. The molecule has 0 radical (unpaired) electrons. The summed E-state index contributed by atoms with van der Waals surface area (Å²) < 4.78 is 94.5. The number of nitrogens with zero attached hydrogens (tertiary/aromatic N) is 5. The number of nitrogen functional groups attached to an aromatic ring is 1. The Balaban J connectivity index is 1.38. The van der Waals surface area contributed by atoms with Gasteiger partial charge in [-0.25, -0.2) is 13.2 Å². The van der Waals surface area contributed by atoms with Gasteiger partial charge in [0.05, 0.1) is 28.2 Å². The van der Waals surface area contributed by atoms with Gasteiger partial charge in [0.2, 0.25) is 0 Å². The van der Waals surface area contributed by atoms with Crippen LogP contribution in [0.1, 0.15) is 49.7 Å². The highest BCUT2D eigenvalue weighted by atomic mass is 19.4. The summed E-state index contributed by atoms with van der Waals surface area (Å²) in [5, 5.41) is 0.119. The molecular weight excluding hydrogens is 586 g/mol. The van der Waals surface area contributed by atoms with E-state index in [-0.39, 0.29) is 40.8 Å². The molecule has 2 aromatic heterocycles. The van der Waals surface area contributed by atoms with E-state index < -0.39 is 58.1 Å². The highest BCUT2D eigenvalue weighted by molar-refractivity contribution is 5.93. The maximum Gasteiger partial charge on any atom is 0.417 e. The first-order valence-electron chi connectivity index (χ1n) is 14.9. The second-order valence-corrected chi connectivity index (χ2v) is 12.6. The topological polar surface area (TPSA) is 80.4 Å². The van der Waals surface area contributed by atoms with Crippen LogP contribution in [0, 0.1) is 24.5 Å². The molecule has 1 aliphatic carbocycles. The third-order valence-corrected chi connectivity index (χ3v) is 9.76. The van der Waals surface area contributed by atoms with Crippen molar-refractivity contribution < 1.29 is 31.1 Å². The summed E-state index contributed by atoms with van der Waals surface area (Å²) in [5.41, 5.74) is 2.04. The van der Waals surface area contributed by atoms with E-state index in [1.165, 1.54) is 6.20 Å². The number of benzene rings is 1.